The number of nitrogens with one attached hydrogen (secondary N) is 1. The largest absolute Gasteiger partial charge is 0.309 e. The maximum atomic E-state index is 12.4. The first-order valence-electron chi connectivity index (χ1n) is 9.24. The first-order chi connectivity index (χ1) is 14.6. The van der Waals surface area contributed by atoms with Crippen LogP contribution in [0.1, 0.15) is 39.1 Å². The average Bonchev–Trinajstić information content (AvgIpc) is 3.28. The van der Waals surface area contributed by atoms with Gasteiger partial charge in [0.1, 0.15) is 11.6 Å². The molecule has 9 heteroatoms. The number of nitriles is 1. The van der Waals surface area contributed by atoms with E-state index in [2.05, 4.69) is 15.4 Å². The second-order valence-electron chi connectivity index (χ2n) is 6.58. The van der Waals surface area contributed by atoms with E-state index in [4.69, 9.17) is 0 Å². The van der Waals surface area contributed by atoms with E-state index < -0.39 is 0 Å². The lowest BCUT2D eigenvalue weighted by Crippen LogP contribution is -2.31. The summed E-state index contributed by atoms with van der Waals surface area (Å²) in [5, 5.41) is 16.1. The van der Waals surface area contributed by atoms with Crippen molar-refractivity contribution >= 4 is 23.5 Å². The number of fused-ring (bicyclic) bond motifs is 1. The van der Waals surface area contributed by atoms with Gasteiger partial charge in [-0.2, -0.15) is 15.0 Å². The molecule has 3 heterocycles. The number of hydrogen-bond donors (Lipinski definition) is 1. The molecule has 0 fully saturated rings. The summed E-state index contributed by atoms with van der Waals surface area (Å²) < 4.78 is 1.38. The van der Waals surface area contributed by atoms with Gasteiger partial charge in [-0.15, -0.1) is 0 Å². The second-order valence-corrected chi connectivity index (χ2v) is 6.58. The van der Waals surface area contributed by atoms with Crippen molar-refractivity contribution in [2.75, 3.05) is 11.9 Å². The summed E-state index contributed by atoms with van der Waals surface area (Å²) in [7, 11) is 0. The SMILES string of the molecule is N#Cc1cnn(-c2ccccn2)c1NC(=O)CCCN1C(=O)c2ccccc2C1=O. The fourth-order valence-corrected chi connectivity index (χ4v) is 3.24. The molecular formula is C21H16N6O3. The standard InChI is InChI=1S/C21H16N6O3/c22-12-14-13-24-27(17-8-3-4-10-23-17)19(14)25-18(28)9-5-11-26-20(29)15-6-1-2-7-16(15)21(26)30/h1-4,6-8,10,13H,5,9,11H2,(H,25,28). The molecule has 0 radical (unpaired) electrons. The number of aromatic nitrogens is 3. The molecule has 4 rings (SSSR count). The first kappa shape index (κ1) is 19.0. The molecule has 2 aromatic heterocycles. The molecule has 148 valence electrons. The minimum absolute atomic E-state index is 0.0612. The number of hydrogen-bond acceptors (Lipinski definition) is 6. The first-order valence-corrected chi connectivity index (χ1v) is 9.24. The highest BCUT2D eigenvalue weighted by atomic mass is 16.2. The summed E-state index contributed by atoms with van der Waals surface area (Å²) in [6.07, 6.45) is 3.28. The molecule has 3 aromatic rings. The highest BCUT2D eigenvalue weighted by molar-refractivity contribution is 6.21. The molecule has 0 aliphatic carbocycles. The number of imide groups is 1. The van der Waals surface area contributed by atoms with Crippen LogP contribution in [0.15, 0.2) is 54.9 Å². The number of nitrogens with zero attached hydrogens (tertiary/aromatic N) is 5. The molecule has 0 atom stereocenters. The van der Waals surface area contributed by atoms with Gasteiger partial charge < -0.3 is 5.32 Å². The number of pyridine rings is 1. The van der Waals surface area contributed by atoms with E-state index in [1.807, 2.05) is 6.07 Å². The zero-order chi connectivity index (χ0) is 21.1. The Bertz CT molecular complexity index is 1140. The lowest BCUT2D eigenvalue weighted by atomic mass is 10.1. The summed E-state index contributed by atoms with van der Waals surface area (Å²) in [4.78, 5) is 42.5. The van der Waals surface area contributed by atoms with Crippen LogP contribution in [0.4, 0.5) is 5.82 Å². The molecule has 0 spiro atoms. The lowest BCUT2D eigenvalue weighted by Gasteiger charge is -2.13. The van der Waals surface area contributed by atoms with E-state index in [1.165, 1.54) is 10.9 Å². The predicted octanol–water partition coefficient (Wildman–Crippen LogP) is 2.15. The van der Waals surface area contributed by atoms with Gasteiger partial charge in [-0.3, -0.25) is 19.3 Å². The molecule has 0 bridgehead atoms. The van der Waals surface area contributed by atoms with Crippen LogP contribution in [0.3, 0.4) is 0 Å². The third-order valence-corrected chi connectivity index (χ3v) is 4.68. The number of carbonyl (C=O) groups is 3. The number of carbonyl (C=O) groups excluding carboxylic acids is 3. The minimum atomic E-state index is -0.360. The fraction of sp³-hybridized carbons (Fsp3) is 0.143. The molecule has 3 amide bonds. The summed E-state index contributed by atoms with van der Waals surface area (Å²) in [6.45, 7) is 0.129. The summed E-state index contributed by atoms with van der Waals surface area (Å²) in [5.74, 6) is -0.380. The number of amides is 3. The average molecular weight is 400 g/mol. The zero-order valence-electron chi connectivity index (χ0n) is 15.8. The van der Waals surface area contributed by atoms with Crippen molar-refractivity contribution in [1.29, 1.82) is 5.26 Å². The van der Waals surface area contributed by atoms with Gasteiger partial charge in [0.25, 0.3) is 11.8 Å². The van der Waals surface area contributed by atoms with E-state index >= 15 is 0 Å². The van der Waals surface area contributed by atoms with E-state index in [9.17, 15) is 19.6 Å². The number of anilines is 1. The quantitative estimate of drug-likeness (QED) is 0.633. The molecule has 0 saturated heterocycles. The summed E-state index contributed by atoms with van der Waals surface area (Å²) >= 11 is 0. The van der Waals surface area contributed by atoms with Crippen molar-refractivity contribution in [3.63, 3.8) is 0 Å². The molecule has 1 aliphatic heterocycles. The van der Waals surface area contributed by atoms with Crippen LogP contribution in [-0.4, -0.2) is 43.9 Å². The van der Waals surface area contributed by atoms with E-state index in [1.54, 1.807) is 48.7 Å². The Kier molecular flexibility index (Phi) is 5.05. The lowest BCUT2D eigenvalue weighted by molar-refractivity contribution is -0.116. The minimum Gasteiger partial charge on any atom is -0.309 e. The van der Waals surface area contributed by atoms with Crippen LogP contribution < -0.4 is 5.32 Å². The van der Waals surface area contributed by atoms with Crippen molar-refractivity contribution in [2.45, 2.75) is 12.8 Å². The van der Waals surface area contributed by atoms with Crippen LogP contribution in [-0.2, 0) is 4.79 Å². The second kappa shape index (κ2) is 7.97. The van der Waals surface area contributed by atoms with E-state index in [0.29, 0.717) is 16.9 Å². The van der Waals surface area contributed by atoms with Crippen molar-refractivity contribution in [2.24, 2.45) is 0 Å². The Morgan fingerprint density at radius 2 is 1.77 bits per heavy atom. The highest BCUT2D eigenvalue weighted by Gasteiger charge is 2.34. The van der Waals surface area contributed by atoms with Gasteiger partial charge in [-0.25, -0.2) is 4.98 Å². The number of rotatable bonds is 6. The van der Waals surface area contributed by atoms with E-state index in [-0.39, 0.29) is 48.5 Å². The fourth-order valence-electron chi connectivity index (χ4n) is 3.24. The summed E-state index contributed by atoms with van der Waals surface area (Å²) in [6, 6.07) is 13.8. The normalized spacial score (nSPS) is 12.6. The van der Waals surface area contributed by atoms with Gasteiger partial charge in [0, 0.05) is 19.2 Å². The van der Waals surface area contributed by atoms with Crippen LogP contribution in [0, 0.1) is 11.3 Å². The van der Waals surface area contributed by atoms with Gasteiger partial charge in [-0.1, -0.05) is 18.2 Å². The molecular weight excluding hydrogens is 384 g/mol. The van der Waals surface area contributed by atoms with Crippen molar-refractivity contribution in [1.82, 2.24) is 19.7 Å². The summed E-state index contributed by atoms with van der Waals surface area (Å²) in [5.41, 5.74) is 0.962. The molecule has 0 unspecified atom stereocenters. The van der Waals surface area contributed by atoms with E-state index in [0.717, 1.165) is 4.90 Å². The molecule has 1 N–H and O–H groups in total. The van der Waals surface area contributed by atoms with Gasteiger partial charge in [0.2, 0.25) is 5.91 Å². The zero-order valence-corrected chi connectivity index (χ0v) is 15.8. The van der Waals surface area contributed by atoms with Crippen molar-refractivity contribution < 1.29 is 14.4 Å². The Hall–Kier alpha value is -4.32. The molecule has 1 aliphatic rings. The smallest absolute Gasteiger partial charge is 0.261 e. The Morgan fingerprint density at radius 1 is 1.07 bits per heavy atom. The highest BCUT2D eigenvalue weighted by Crippen LogP contribution is 2.23. The van der Waals surface area contributed by atoms with Gasteiger partial charge >= 0.3 is 0 Å². The maximum Gasteiger partial charge on any atom is 0.261 e. The van der Waals surface area contributed by atoms with Gasteiger partial charge in [0.05, 0.1) is 17.3 Å². The Morgan fingerprint density at radius 3 is 2.40 bits per heavy atom. The maximum absolute atomic E-state index is 12.4. The van der Waals surface area contributed by atoms with Crippen LogP contribution in [0.2, 0.25) is 0 Å². The topological polar surface area (TPSA) is 121 Å². The Labute approximate surface area is 171 Å². The third kappa shape index (κ3) is 3.42. The van der Waals surface area contributed by atoms with Gasteiger partial charge in [0.15, 0.2) is 11.6 Å². The molecule has 30 heavy (non-hydrogen) atoms. The van der Waals surface area contributed by atoms with Crippen LogP contribution in [0.5, 0.6) is 0 Å². The van der Waals surface area contributed by atoms with Gasteiger partial charge in [-0.05, 0) is 30.7 Å². The Balaban J connectivity index is 1.40. The molecule has 9 nitrogen and oxygen atoms in total. The monoisotopic (exact) mass is 400 g/mol. The van der Waals surface area contributed by atoms with Crippen LogP contribution >= 0.6 is 0 Å². The third-order valence-electron chi connectivity index (χ3n) is 4.68. The van der Waals surface area contributed by atoms with Crippen LogP contribution in [0.25, 0.3) is 5.82 Å². The molecule has 1 aromatic carbocycles. The predicted molar refractivity (Wildman–Crippen MR) is 106 cm³/mol. The van der Waals surface area contributed by atoms with Crippen molar-refractivity contribution in [3.8, 4) is 11.9 Å². The van der Waals surface area contributed by atoms with Crippen molar-refractivity contribution in [3.05, 3.63) is 71.5 Å². The molecule has 0 saturated carbocycles. The number of benzene rings is 1.